The third kappa shape index (κ3) is 2.44. The van der Waals surface area contributed by atoms with Crippen molar-refractivity contribution >= 4 is 0 Å². The summed E-state index contributed by atoms with van der Waals surface area (Å²) in [6.07, 6.45) is 0. The molecule has 0 unspecified atom stereocenters. The maximum absolute atomic E-state index is 13.2. The summed E-state index contributed by atoms with van der Waals surface area (Å²) in [5, 5.41) is 3.84. The predicted octanol–water partition coefficient (Wildman–Crippen LogP) is 2.92. The second-order valence-electron chi connectivity index (χ2n) is 4.35. The van der Waals surface area contributed by atoms with Crippen molar-refractivity contribution in [3.8, 4) is 11.4 Å². The van der Waals surface area contributed by atoms with E-state index in [1.165, 1.54) is 12.1 Å². The molecule has 0 saturated heterocycles. The van der Waals surface area contributed by atoms with Crippen LogP contribution in [0.1, 0.15) is 17.5 Å². The third-order valence-corrected chi connectivity index (χ3v) is 2.95. The summed E-state index contributed by atoms with van der Waals surface area (Å²) in [6, 6.07) is 15.0. The predicted molar refractivity (Wildman–Crippen MR) is 72.2 cm³/mol. The molecule has 0 fully saturated rings. The number of hydrogen-bond acceptors (Lipinski definition) is 4. The number of aromatic nitrogens is 2. The highest BCUT2D eigenvalue weighted by Gasteiger charge is 2.17. The van der Waals surface area contributed by atoms with Crippen LogP contribution in [0.15, 0.2) is 59.1 Å². The first-order valence-electron chi connectivity index (χ1n) is 6.14. The Bertz CT molecular complexity index is 712. The van der Waals surface area contributed by atoms with Crippen LogP contribution < -0.4 is 5.73 Å². The molecule has 0 aliphatic rings. The van der Waals surface area contributed by atoms with Crippen molar-refractivity contribution in [1.29, 1.82) is 0 Å². The van der Waals surface area contributed by atoms with Gasteiger partial charge in [-0.1, -0.05) is 47.6 Å². The van der Waals surface area contributed by atoms with Crippen LogP contribution in [-0.4, -0.2) is 10.1 Å². The van der Waals surface area contributed by atoms with E-state index in [2.05, 4.69) is 10.1 Å². The largest absolute Gasteiger partial charge is 0.337 e. The highest BCUT2D eigenvalue weighted by molar-refractivity contribution is 5.54. The Labute approximate surface area is 115 Å². The Morgan fingerprint density at radius 2 is 1.85 bits per heavy atom. The molecular formula is C15H12FN3O. The Morgan fingerprint density at radius 1 is 1.05 bits per heavy atom. The highest BCUT2D eigenvalue weighted by atomic mass is 19.1. The number of hydrogen-bond donors (Lipinski definition) is 1. The van der Waals surface area contributed by atoms with E-state index >= 15 is 0 Å². The Morgan fingerprint density at radius 3 is 2.60 bits per heavy atom. The summed E-state index contributed by atoms with van der Waals surface area (Å²) in [4.78, 5) is 4.23. The fourth-order valence-electron chi connectivity index (χ4n) is 1.91. The van der Waals surface area contributed by atoms with Crippen molar-refractivity contribution in [2.45, 2.75) is 6.04 Å². The van der Waals surface area contributed by atoms with Gasteiger partial charge >= 0.3 is 0 Å². The van der Waals surface area contributed by atoms with E-state index < -0.39 is 6.04 Å². The molecule has 3 aromatic rings. The maximum atomic E-state index is 13.2. The molecular weight excluding hydrogens is 257 g/mol. The van der Waals surface area contributed by atoms with Crippen molar-refractivity contribution in [2.24, 2.45) is 5.73 Å². The minimum atomic E-state index is -0.494. The van der Waals surface area contributed by atoms with Gasteiger partial charge in [-0.15, -0.1) is 0 Å². The summed E-state index contributed by atoms with van der Waals surface area (Å²) >= 11 is 0. The average molecular weight is 269 g/mol. The van der Waals surface area contributed by atoms with Gasteiger partial charge in [0.15, 0.2) is 0 Å². The first-order valence-corrected chi connectivity index (χ1v) is 6.14. The number of benzene rings is 2. The van der Waals surface area contributed by atoms with E-state index in [9.17, 15) is 4.39 Å². The van der Waals surface area contributed by atoms with Gasteiger partial charge in [-0.2, -0.15) is 4.98 Å². The van der Waals surface area contributed by atoms with Crippen LogP contribution in [0, 0.1) is 5.82 Å². The fraction of sp³-hybridized carbons (Fsp3) is 0.0667. The minimum absolute atomic E-state index is 0.301. The number of nitrogens with two attached hydrogens (primary N) is 1. The smallest absolute Gasteiger partial charge is 0.248 e. The first-order chi connectivity index (χ1) is 9.74. The zero-order valence-electron chi connectivity index (χ0n) is 10.5. The summed E-state index contributed by atoms with van der Waals surface area (Å²) in [7, 11) is 0. The average Bonchev–Trinajstić information content (AvgIpc) is 2.97. The lowest BCUT2D eigenvalue weighted by molar-refractivity contribution is 0.367. The summed E-state index contributed by atoms with van der Waals surface area (Å²) in [6.45, 7) is 0. The number of halogens is 1. The second kappa shape index (κ2) is 5.22. The van der Waals surface area contributed by atoms with E-state index in [4.69, 9.17) is 10.3 Å². The van der Waals surface area contributed by atoms with Crippen molar-refractivity contribution in [1.82, 2.24) is 10.1 Å². The lowest BCUT2D eigenvalue weighted by Crippen LogP contribution is -2.11. The molecule has 1 heterocycles. The molecule has 100 valence electrons. The molecule has 5 heteroatoms. The molecule has 0 spiro atoms. The maximum Gasteiger partial charge on any atom is 0.248 e. The van der Waals surface area contributed by atoms with Crippen molar-refractivity contribution in [2.75, 3.05) is 0 Å². The molecule has 0 saturated carbocycles. The van der Waals surface area contributed by atoms with Crippen LogP contribution in [0.25, 0.3) is 11.4 Å². The topological polar surface area (TPSA) is 64.9 Å². The van der Waals surface area contributed by atoms with Crippen LogP contribution in [0.2, 0.25) is 0 Å². The molecule has 20 heavy (non-hydrogen) atoms. The lowest BCUT2D eigenvalue weighted by atomic mass is 10.1. The zero-order valence-corrected chi connectivity index (χ0v) is 10.5. The number of rotatable bonds is 3. The molecule has 0 amide bonds. The van der Waals surface area contributed by atoms with Crippen LogP contribution in [-0.2, 0) is 0 Å². The molecule has 4 nitrogen and oxygen atoms in total. The van der Waals surface area contributed by atoms with Crippen LogP contribution >= 0.6 is 0 Å². The quantitative estimate of drug-likeness (QED) is 0.794. The van der Waals surface area contributed by atoms with Gasteiger partial charge in [0.05, 0.1) is 0 Å². The molecule has 1 atom stereocenters. The van der Waals surface area contributed by atoms with Gasteiger partial charge in [0.1, 0.15) is 11.9 Å². The van der Waals surface area contributed by atoms with Gasteiger partial charge < -0.3 is 10.3 Å². The van der Waals surface area contributed by atoms with Gasteiger partial charge in [0.25, 0.3) is 0 Å². The monoisotopic (exact) mass is 269 g/mol. The lowest BCUT2D eigenvalue weighted by Gasteiger charge is -2.05. The summed E-state index contributed by atoms with van der Waals surface area (Å²) < 4.78 is 18.3. The Kier molecular flexibility index (Phi) is 3.26. The molecule has 0 aliphatic carbocycles. The zero-order chi connectivity index (χ0) is 13.9. The second-order valence-corrected chi connectivity index (χ2v) is 4.35. The van der Waals surface area contributed by atoms with E-state index in [0.29, 0.717) is 17.3 Å². The molecule has 3 rings (SSSR count). The van der Waals surface area contributed by atoms with Crippen molar-refractivity contribution < 1.29 is 8.91 Å². The number of nitrogens with zero attached hydrogens (tertiary/aromatic N) is 2. The van der Waals surface area contributed by atoms with Gasteiger partial charge in [-0.25, -0.2) is 4.39 Å². The molecule has 0 radical (unpaired) electrons. The SMILES string of the molecule is N[C@H](c1ccccc1)c1nc(-c2cccc(F)c2)no1. The van der Waals surface area contributed by atoms with Gasteiger partial charge in [0.2, 0.25) is 11.7 Å². The molecule has 1 aromatic heterocycles. The van der Waals surface area contributed by atoms with E-state index in [-0.39, 0.29) is 5.82 Å². The standard InChI is InChI=1S/C15H12FN3O/c16-12-8-4-7-11(9-12)14-18-15(20-19-14)13(17)10-5-2-1-3-6-10/h1-9,13H,17H2/t13-/m1/s1. The van der Waals surface area contributed by atoms with E-state index in [1.807, 2.05) is 30.3 Å². The fourth-order valence-corrected chi connectivity index (χ4v) is 1.91. The van der Waals surface area contributed by atoms with Gasteiger partial charge in [-0.3, -0.25) is 0 Å². The van der Waals surface area contributed by atoms with Crippen LogP contribution in [0.4, 0.5) is 4.39 Å². The van der Waals surface area contributed by atoms with Crippen molar-refractivity contribution in [3.05, 3.63) is 71.9 Å². The Balaban J connectivity index is 1.91. The van der Waals surface area contributed by atoms with E-state index in [1.54, 1.807) is 12.1 Å². The van der Waals surface area contributed by atoms with E-state index in [0.717, 1.165) is 5.56 Å². The molecule has 2 N–H and O–H groups in total. The molecule has 0 aliphatic heterocycles. The summed E-state index contributed by atoms with van der Waals surface area (Å²) in [5.41, 5.74) is 7.50. The van der Waals surface area contributed by atoms with Crippen molar-refractivity contribution in [3.63, 3.8) is 0 Å². The van der Waals surface area contributed by atoms with Gasteiger partial charge in [-0.05, 0) is 17.7 Å². The Hall–Kier alpha value is -2.53. The molecule has 2 aromatic carbocycles. The normalized spacial score (nSPS) is 12.3. The van der Waals surface area contributed by atoms with Gasteiger partial charge in [0, 0.05) is 5.56 Å². The van der Waals surface area contributed by atoms with Crippen LogP contribution in [0.3, 0.4) is 0 Å². The molecule has 0 bridgehead atoms. The summed E-state index contributed by atoms with van der Waals surface area (Å²) in [5.74, 6) is 0.280. The first kappa shape index (κ1) is 12.5. The minimum Gasteiger partial charge on any atom is -0.337 e. The highest BCUT2D eigenvalue weighted by Crippen LogP contribution is 2.22. The van der Waals surface area contributed by atoms with Crippen LogP contribution in [0.5, 0.6) is 0 Å². The third-order valence-electron chi connectivity index (χ3n) is 2.95.